The highest BCUT2D eigenvalue weighted by Crippen LogP contribution is 2.25. The zero-order chi connectivity index (χ0) is 14.8. The standard InChI is InChI=1S/C15H21N3O2/c1-15(2,3)20-14(19)18-9-6-12(10-13(18)16)11-4-7-17-8-5-11/h4-8,13H,9-10,16H2,1-3H3. The zero-order valence-corrected chi connectivity index (χ0v) is 12.2. The number of amides is 1. The Morgan fingerprint density at radius 2 is 2.05 bits per heavy atom. The van der Waals surface area contributed by atoms with E-state index in [0.717, 1.165) is 11.1 Å². The van der Waals surface area contributed by atoms with Gasteiger partial charge in [0.25, 0.3) is 0 Å². The number of aromatic nitrogens is 1. The number of hydrogen-bond acceptors (Lipinski definition) is 4. The van der Waals surface area contributed by atoms with E-state index in [9.17, 15) is 4.79 Å². The summed E-state index contributed by atoms with van der Waals surface area (Å²) in [5, 5.41) is 0. The number of rotatable bonds is 1. The molecule has 20 heavy (non-hydrogen) atoms. The molecule has 2 heterocycles. The first-order valence-electron chi connectivity index (χ1n) is 6.71. The van der Waals surface area contributed by atoms with Crippen LogP contribution in [0.2, 0.25) is 0 Å². The lowest BCUT2D eigenvalue weighted by Crippen LogP contribution is -2.49. The van der Waals surface area contributed by atoms with Crippen LogP contribution in [0.15, 0.2) is 30.6 Å². The number of pyridine rings is 1. The van der Waals surface area contributed by atoms with Crippen LogP contribution in [-0.4, -0.2) is 34.3 Å². The van der Waals surface area contributed by atoms with E-state index in [-0.39, 0.29) is 12.3 Å². The van der Waals surface area contributed by atoms with Crippen molar-refractivity contribution in [2.24, 2.45) is 5.73 Å². The Balaban J connectivity index is 2.08. The molecule has 0 aliphatic carbocycles. The normalized spacial score (nSPS) is 19.5. The molecule has 0 saturated heterocycles. The minimum atomic E-state index is -0.508. The van der Waals surface area contributed by atoms with Crippen LogP contribution >= 0.6 is 0 Å². The number of ether oxygens (including phenoxy) is 1. The van der Waals surface area contributed by atoms with Crippen LogP contribution in [0.3, 0.4) is 0 Å². The second-order valence-corrected chi connectivity index (χ2v) is 5.87. The van der Waals surface area contributed by atoms with E-state index in [4.69, 9.17) is 10.5 Å². The summed E-state index contributed by atoms with van der Waals surface area (Å²) in [6.45, 7) is 6.00. The maximum Gasteiger partial charge on any atom is 0.411 e. The highest BCUT2D eigenvalue weighted by atomic mass is 16.6. The highest BCUT2D eigenvalue weighted by Gasteiger charge is 2.28. The van der Waals surface area contributed by atoms with E-state index in [1.807, 2.05) is 39.0 Å². The smallest absolute Gasteiger partial charge is 0.411 e. The van der Waals surface area contributed by atoms with Gasteiger partial charge in [-0.15, -0.1) is 0 Å². The molecule has 5 nitrogen and oxygen atoms in total. The van der Waals surface area contributed by atoms with Crippen LogP contribution < -0.4 is 5.73 Å². The largest absolute Gasteiger partial charge is 0.444 e. The third-order valence-corrected chi connectivity index (χ3v) is 3.04. The Bertz CT molecular complexity index is 506. The summed E-state index contributed by atoms with van der Waals surface area (Å²) >= 11 is 0. The molecule has 1 atom stereocenters. The van der Waals surface area contributed by atoms with Crippen molar-refractivity contribution in [3.05, 3.63) is 36.2 Å². The molecule has 5 heteroatoms. The number of nitrogens with zero attached hydrogens (tertiary/aromatic N) is 2. The molecule has 1 aromatic heterocycles. The summed E-state index contributed by atoms with van der Waals surface area (Å²) in [5.41, 5.74) is 7.82. The molecule has 0 radical (unpaired) electrons. The molecule has 0 saturated carbocycles. The molecule has 108 valence electrons. The predicted molar refractivity (Wildman–Crippen MR) is 77.7 cm³/mol. The summed E-state index contributed by atoms with van der Waals surface area (Å²) in [7, 11) is 0. The quantitative estimate of drug-likeness (QED) is 0.854. The van der Waals surface area contributed by atoms with Gasteiger partial charge < -0.3 is 10.5 Å². The molecule has 1 aliphatic rings. The number of nitrogens with two attached hydrogens (primary N) is 1. The van der Waals surface area contributed by atoms with Crippen LogP contribution in [-0.2, 0) is 4.74 Å². The lowest BCUT2D eigenvalue weighted by atomic mass is 9.99. The predicted octanol–water partition coefficient (Wildman–Crippen LogP) is 2.39. The summed E-state index contributed by atoms with van der Waals surface area (Å²) in [4.78, 5) is 17.6. The molecule has 1 aromatic rings. The number of hydrogen-bond donors (Lipinski definition) is 1. The van der Waals surface area contributed by atoms with Crippen molar-refractivity contribution in [2.75, 3.05) is 6.54 Å². The monoisotopic (exact) mass is 275 g/mol. The fourth-order valence-corrected chi connectivity index (χ4v) is 2.09. The summed E-state index contributed by atoms with van der Waals surface area (Å²) in [6.07, 6.45) is 5.41. The molecule has 1 amide bonds. The fraction of sp³-hybridized carbons (Fsp3) is 0.467. The molecule has 1 aliphatic heterocycles. The van der Waals surface area contributed by atoms with Crippen molar-refractivity contribution in [3.8, 4) is 0 Å². The number of carbonyl (C=O) groups excluding carboxylic acids is 1. The molecular formula is C15H21N3O2. The first-order valence-corrected chi connectivity index (χ1v) is 6.71. The third kappa shape index (κ3) is 3.57. The van der Waals surface area contributed by atoms with Crippen molar-refractivity contribution in [1.82, 2.24) is 9.88 Å². The van der Waals surface area contributed by atoms with Gasteiger partial charge >= 0.3 is 6.09 Å². The lowest BCUT2D eigenvalue weighted by Gasteiger charge is -2.34. The van der Waals surface area contributed by atoms with Crippen molar-refractivity contribution >= 4 is 11.7 Å². The highest BCUT2D eigenvalue weighted by molar-refractivity contribution is 5.73. The first-order chi connectivity index (χ1) is 9.37. The lowest BCUT2D eigenvalue weighted by molar-refractivity contribution is 0.0188. The minimum Gasteiger partial charge on any atom is -0.444 e. The molecule has 0 spiro atoms. The van der Waals surface area contributed by atoms with Gasteiger partial charge in [-0.05, 0) is 44.0 Å². The van der Waals surface area contributed by atoms with Gasteiger partial charge in [0.15, 0.2) is 0 Å². The Kier molecular flexibility index (Phi) is 4.09. The van der Waals surface area contributed by atoms with Gasteiger partial charge in [0.05, 0.1) is 6.17 Å². The Morgan fingerprint density at radius 1 is 1.40 bits per heavy atom. The molecule has 0 aromatic carbocycles. The molecule has 0 bridgehead atoms. The number of carbonyl (C=O) groups is 1. The topological polar surface area (TPSA) is 68.5 Å². The first kappa shape index (κ1) is 14.5. The average Bonchev–Trinajstić information content (AvgIpc) is 2.37. The third-order valence-electron chi connectivity index (χ3n) is 3.04. The van der Waals surface area contributed by atoms with Gasteiger partial charge in [-0.3, -0.25) is 9.88 Å². The van der Waals surface area contributed by atoms with Crippen molar-refractivity contribution in [3.63, 3.8) is 0 Å². The van der Waals surface area contributed by atoms with Gasteiger partial charge in [0.2, 0.25) is 0 Å². The van der Waals surface area contributed by atoms with Crippen LogP contribution in [0.5, 0.6) is 0 Å². The Hall–Kier alpha value is -1.88. The van der Waals surface area contributed by atoms with Gasteiger partial charge in [-0.1, -0.05) is 6.08 Å². The van der Waals surface area contributed by atoms with Crippen LogP contribution in [0, 0.1) is 0 Å². The van der Waals surface area contributed by atoms with E-state index in [2.05, 4.69) is 4.98 Å². The van der Waals surface area contributed by atoms with Gasteiger partial charge in [0, 0.05) is 25.4 Å². The maximum absolute atomic E-state index is 12.1. The summed E-state index contributed by atoms with van der Waals surface area (Å²) in [6, 6.07) is 3.89. The SMILES string of the molecule is CC(C)(C)OC(=O)N1CC=C(c2ccncc2)CC1N. The van der Waals surface area contributed by atoms with E-state index < -0.39 is 5.60 Å². The summed E-state index contributed by atoms with van der Waals surface area (Å²) < 4.78 is 5.36. The Morgan fingerprint density at radius 3 is 2.60 bits per heavy atom. The van der Waals surface area contributed by atoms with Crippen molar-refractivity contribution in [1.29, 1.82) is 0 Å². The average molecular weight is 275 g/mol. The van der Waals surface area contributed by atoms with Crippen molar-refractivity contribution in [2.45, 2.75) is 39.0 Å². The Labute approximate surface area is 119 Å². The van der Waals surface area contributed by atoms with Crippen LogP contribution in [0.25, 0.3) is 5.57 Å². The molecule has 2 rings (SSSR count). The van der Waals surface area contributed by atoms with Gasteiger partial charge in [0.1, 0.15) is 5.60 Å². The molecular weight excluding hydrogens is 254 g/mol. The van der Waals surface area contributed by atoms with Crippen LogP contribution in [0.1, 0.15) is 32.8 Å². The fourth-order valence-electron chi connectivity index (χ4n) is 2.09. The van der Waals surface area contributed by atoms with E-state index in [0.29, 0.717) is 13.0 Å². The van der Waals surface area contributed by atoms with E-state index >= 15 is 0 Å². The van der Waals surface area contributed by atoms with Gasteiger partial charge in [-0.25, -0.2) is 4.79 Å². The van der Waals surface area contributed by atoms with Crippen LogP contribution in [0.4, 0.5) is 4.79 Å². The second kappa shape index (κ2) is 5.63. The second-order valence-electron chi connectivity index (χ2n) is 5.87. The summed E-state index contributed by atoms with van der Waals surface area (Å²) in [5.74, 6) is 0. The molecule has 0 fully saturated rings. The van der Waals surface area contributed by atoms with Crippen molar-refractivity contribution < 1.29 is 9.53 Å². The molecule has 2 N–H and O–H groups in total. The zero-order valence-electron chi connectivity index (χ0n) is 12.2. The minimum absolute atomic E-state index is 0.363. The van der Waals surface area contributed by atoms with Gasteiger partial charge in [-0.2, -0.15) is 0 Å². The van der Waals surface area contributed by atoms with E-state index in [1.54, 1.807) is 17.3 Å². The van der Waals surface area contributed by atoms with E-state index in [1.165, 1.54) is 0 Å². The maximum atomic E-state index is 12.1. The molecule has 1 unspecified atom stereocenters.